The fraction of sp³-hybridized carbons (Fsp3) is 0.750. The standard InChI is InChI=1S/C12H20N4O2S/c1-7-5-10(7)16-19(17,18)12-8(2)14-15-11(12)6-13-9-3-4-9/h7,9-10,13,16H,3-6H2,1-2H3,(H,14,15). The zero-order chi connectivity index (χ0) is 13.6. The zero-order valence-corrected chi connectivity index (χ0v) is 12.0. The minimum absolute atomic E-state index is 0.0866. The fourth-order valence-electron chi connectivity index (χ4n) is 2.22. The average molecular weight is 284 g/mol. The minimum Gasteiger partial charge on any atom is -0.308 e. The molecule has 0 radical (unpaired) electrons. The molecule has 2 saturated carbocycles. The van der Waals surface area contributed by atoms with Gasteiger partial charge in [0.25, 0.3) is 0 Å². The van der Waals surface area contributed by atoms with E-state index in [4.69, 9.17) is 0 Å². The van der Waals surface area contributed by atoms with Crippen LogP contribution in [0, 0.1) is 12.8 Å². The summed E-state index contributed by atoms with van der Waals surface area (Å²) in [6.45, 7) is 4.30. The summed E-state index contributed by atoms with van der Waals surface area (Å²) in [5.41, 5.74) is 1.19. The van der Waals surface area contributed by atoms with E-state index < -0.39 is 10.0 Å². The molecule has 2 atom stereocenters. The van der Waals surface area contributed by atoms with E-state index in [0.29, 0.717) is 34.8 Å². The van der Waals surface area contributed by atoms with Crippen LogP contribution in [0.2, 0.25) is 0 Å². The molecule has 2 aliphatic carbocycles. The Bertz CT molecular complexity index is 577. The van der Waals surface area contributed by atoms with Gasteiger partial charge in [-0.3, -0.25) is 5.10 Å². The smallest absolute Gasteiger partial charge is 0.244 e. The highest BCUT2D eigenvalue weighted by atomic mass is 32.2. The number of H-pyrrole nitrogens is 1. The van der Waals surface area contributed by atoms with Crippen molar-refractivity contribution in [3.05, 3.63) is 11.4 Å². The lowest BCUT2D eigenvalue weighted by Crippen LogP contribution is -2.28. The van der Waals surface area contributed by atoms with Gasteiger partial charge in [0.1, 0.15) is 4.90 Å². The number of nitrogens with zero attached hydrogens (tertiary/aromatic N) is 1. The first kappa shape index (κ1) is 13.1. The quantitative estimate of drug-likeness (QED) is 0.716. The van der Waals surface area contributed by atoms with E-state index in [1.165, 1.54) is 12.8 Å². The first-order valence-electron chi connectivity index (χ1n) is 6.77. The van der Waals surface area contributed by atoms with Crippen molar-refractivity contribution in [2.24, 2.45) is 5.92 Å². The molecule has 2 unspecified atom stereocenters. The number of hydrogen-bond donors (Lipinski definition) is 3. The Hall–Kier alpha value is -0.920. The normalized spacial score (nSPS) is 26.6. The van der Waals surface area contributed by atoms with Gasteiger partial charge in [-0.2, -0.15) is 5.10 Å². The van der Waals surface area contributed by atoms with Crippen LogP contribution < -0.4 is 10.0 Å². The third kappa shape index (κ3) is 2.82. The molecule has 0 amide bonds. The lowest BCUT2D eigenvalue weighted by Gasteiger charge is -2.08. The Labute approximate surface area is 113 Å². The number of aromatic amines is 1. The lowest BCUT2D eigenvalue weighted by atomic mass is 10.3. The maximum absolute atomic E-state index is 12.4. The third-order valence-corrected chi connectivity index (χ3v) is 5.47. The minimum atomic E-state index is -3.46. The zero-order valence-electron chi connectivity index (χ0n) is 11.2. The van der Waals surface area contributed by atoms with Gasteiger partial charge in [-0.25, -0.2) is 13.1 Å². The molecule has 3 N–H and O–H groups in total. The van der Waals surface area contributed by atoms with Crippen LogP contribution in [0.3, 0.4) is 0 Å². The van der Waals surface area contributed by atoms with Crippen LogP contribution in [0.15, 0.2) is 4.90 Å². The van der Waals surface area contributed by atoms with Gasteiger partial charge in [-0.05, 0) is 32.1 Å². The largest absolute Gasteiger partial charge is 0.308 e. The number of sulfonamides is 1. The van der Waals surface area contributed by atoms with E-state index in [2.05, 4.69) is 20.2 Å². The summed E-state index contributed by atoms with van der Waals surface area (Å²) >= 11 is 0. The van der Waals surface area contributed by atoms with E-state index in [9.17, 15) is 8.42 Å². The Morgan fingerprint density at radius 3 is 2.68 bits per heavy atom. The number of nitrogens with one attached hydrogen (secondary N) is 3. The number of rotatable bonds is 6. The summed E-state index contributed by atoms with van der Waals surface area (Å²) < 4.78 is 27.5. The highest BCUT2D eigenvalue weighted by Crippen LogP contribution is 2.31. The molecule has 3 rings (SSSR count). The molecular weight excluding hydrogens is 264 g/mol. The van der Waals surface area contributed by atoms with Crippen LogP contribution in [-0.4, -0.2) is 30.7 Å². The molecule has 0 saturated heterocycles. The predicted octanol–water partition coefficient (Wildman–Crippen LogP) is 0.657. The molecule has 0 aliphatic heterocycles. The van der Waals surface area contributed by atoms with Crippen LogP contribution in [0.5, 0.6) is 0 Å². The SMILES string of the molecule is Cc1[nH]nc(CNC2CC2)c1S(=O)(=O)NC1CC1C. The van der Waals surface area contributed by atoms with Crippen molar-refractivity contribution in [2.75, 3.05) is 0 Å². The molecule has 0 bridgehead atoms. The number of hydrogen-bond acceptors (Lipinski definition) is 4. The summed E-state index contributed by atoms with van der Waals surface area (Å²) in [6, 6.07) is 0.618. The second-order valence-corrected chi connectivity index (χ2v) is 7.37. The molecule has 0 aromatic carbocycles. The van der Waals surface area contributed by atoms with E-state index in [1.54, 1.807) is 6.92 Å². The van der Waals surface area contributed by atoms with Gasteiger partial charge >= 0.3 is 0 Å². The topological polar surface area (TPSA) is 86.9 Å². The van der Waals surface area contributed by atoms with Gasteiger partial charge < -0.3 is 5.32 Å². The lowest BCUT2D eigenvalue weighted by molar-refractivity contribution is 0.574. The summed E-state index contributed by atoms with van der Waals surface area (Å²) in [7, 11) is -3.46. The second-order valence-electron chi connectivity index (χ2n) is 5.72. The molecule has 1 aromatic rings. The van der Waals surface area contributed by atoms with Crippen LogP contribution >= 0.6 is 0 Å². The highest BCUT2D eigenvalue weighted by molar-refractivity contribution is 7.89. The number of aromatic nitrogens is 2. The summed E-state index contributed by atoms with van der Waals surface area (Å²) in [5, 5.41) is 10.2. The Morgan fingerprint density at radius 2 is 2.11 bits per heavy atom. The van der Waals surface area contributed by atoms with E-state index in [0.717, 1.165) is 6.42 Å². The van der Waals surface area contributed by atoms with Gasteiger partial charge in [0.05, 0.1) is 11.4 Å². The molecule has 6 nitrogen and oxygen atoms in total. The molecule has 19 heavy (non-hydrogen) atoms. The van der Waals surface area contributed by atoms with E-state index in [1.807, 2.05) is 6.92 Å². The summed E-state index contributed by atoms with van der Waals surface area (Å²) in [5.74, 6) is 0.440. The van der Waals surface area contributed by atoms with Crippen molar-refractivity contribution in [2.45, 2.75) is 56.6 Å². The molecule has 106 valence electrons. The van der Waals surface area contributed by atoms with Crippen molar-refractivity contribution in [3.8, 4) is 0 Å². The first-order chi connectivity index (χ1) is 8.97. The summed E-state index contributed by atoms with van der Waals surface area (Å²) in [4.78, 5) is 0.319. The Morgan fingerprint density at radius 1 is 1.42 bits per heavy atom. The van der Waals surface area contributed by atoms with Gasteiger partial charge in [0, 0.05) is 18.6 Å². The molecule has 7 heteroatoms. The van der Waals surface area contributed by atoms with E-state index in [-0.39, 0.29) is 6.04 Å². The molecule has 1 heterocycles. The molecule has 2 fully saturated rings. The Balaban J connectivity index is 1.78. The summed E-state index contributed by atoms with van der Waals surface area (Å²) in [6.07, 6.45) is 3.26. The van der Waals surface area contributed by atoms with Crippen LogP contribution in [0.1, 0.15) is 37.6 Å². The monoisotopic (exact) mass is 284 g/mol. The second kappa shape index (κ2) is 4.57. The van der Waals surface area contributed by atoms with E-state index >= 15 is 0 Å². The van der Waals surface area contributed by atoms with Crippen LogP contribution in [0.4, 0.5) is 0 Å². The third-order valence-electron chi connectivity index (χ3n) is 3.78. The van der Waals surface area contributed by atoms with Crippen molar-refractivity contribution < 1.29 is 8.42 Å². The van der Waals surface area contributed by atoms with Gasteiger partial charge in [0.15, 0.2) is 0 Å². The van der Waals surface area contributed by atoms with Gasteiger partial charge in [-0.15, -0.1) is 0 Å². The van der Waals surface area contributed by atoms with Gasteiger partial charge in [0.2, 0.25) is 10.0 Å². The number of aryl methyl sites for hydroxylation is 1. The molecular formula is C12H20N4O2S. The van der Waals surface area contributed by atoms with Gasteiger partial charge in [-0.1, -0.05) is 6.92 Å². The van der Waals surface area contributed by atoms with Crippen molar-refractivity contribution in [1.29, 1.82) is 0 Å². The average Bonchev–Trinajstić information content (AvgIpc) is 3.22. The predicted molar refractivity (Wildman–Crippen MR) is 71.1 cm³/mol. The van der Waals surface area contributed by atoms with Crippen molar-refractivity contribution >= 4 is 10.0 Å². The fourth-order valence-corrected chi connectivity index (χ4v) is 3.94. The molecule has 1 aromatic heterocycles. The van der Waals surface area contributed by atoms with Crippen LogP contribution in [0.25, 0.3) is 0 Å². The highest BCUT2D eigenvalue weighted by Gasteiger charge is 2.38. The maximum Gasteiger partial charge on any atom is 0.244 e. The maximum atomic E-state index is 12.4. The van der Waals surface area contributed by atoms with Crippen molar-refractivity contribution in [3.63, 3.8) is 0 Å². The molecule has 2 aliphatic rings. The molecule has 0 spiro atoms. The van der Waals surface area contributed by atoms with Crippen LogP contribution in [-0.2, 0) is 16.6 Å². The Kier molecular flexibility index (Phi) is 3.15. The van der Waals surface area contributed by atoms with Crippen molar-refractivity contribution in [1.82, 2.24) is 20.2 Å². The first-order valence-corrected chi connectivity index (χ1v) is 8.25.